The molecule has 0 unspecified atom stereocenters. The molecule has 8 heteroatoms. The standard InChI is InChI=1S/C23H22N6O2/c30-22(16-10-11-16)26-21-14-19(27-29(21)17-6-2-1-3-7-17)23(31)24-12-13-28-15-25-18-8-4-5-9-20(18)28/h1-9,14-16H,10-13H2,(H,24,31)(H,26,30). The topological polar surface area (TPSA) is 93.8 Å². The van der Waals surface area contributed by atoms with Crippen LogP contribution in [0.4, 0.5) is 5.82 Å². The molecule has 0 saturated heterocycles. The van der Waals surface area contributed by atoms with Crippen LogP contribution in [0.5, 0.6) is 0 Å². The summed E-state index contributed by atoms with van der Waals surface area (Å²) < 4.78 is 3.60. The van der Waals surface area contributed by atoms with E-state index in [9.17, 15) is 9.59 Å². The Morgan fingerprint density at radius 2 is 1.81 bits per heavy atom. The third-order valence-corrected chi connectivity index (χ3v) is 5.31. The molecule has 0 atom stereocenters. The molecule has 2 aromatic heterocycles. The van der Waals surface area contributed by atoms with Gasteiger partial charge >= 0.3 is 0 Å². The predicted molar refractivity (Wildman–Crippen MR) is 117 cm³/mol. The number of hydrogen-bond acceptors (Lipinski definition) is 4. The van der Waals surface area contributed by atoms with Crippen molar-refractivity contribution in [2.24, 2.45) is 5.92 Å². The number of benzene rings is 2. The van der Waals surface area contributed by atoms with Crippen LogP contribution in [0.2, 0.25) is 0 Å². The Labute approximate surface area is 178 Å². The largest absolute Gasteiger partial charge is 0.349 e. The van der Waals surface area contributed by atoms with E-state index in [0.29, 0.717) is 18.9 Å². The number of fused-ring (bicyclic) bond motifs is 1. The van der Waals surface area contributed by atoms with Crippen molar-refractivity contribution in [1.29, 1.82) is 0 Å². The molecule has 0 bridgehead atoms. The van der Waals surface area contributed by atoms with Gasteiger partial charge in [-0.25, -0.2) is 9.67 Å². The third kappa shape index (κ3) is 4.05. The Hall–Kier alpha value is -3.94. The lowest BCUT2D eigenvalue weighted by Gasteiger charge is -2.08. The summed E-state index contributed by atoms with van der Waals surface area (Å²) in [6, 6.07) is 18.9. The summed E-state index contributed by atoms with van der Waals surface area (Å²) in [4.78, 5) is 29.4. The minimum Gasteiger partial charge on any atom is -0.349 e. The minimum absolute atomic E-state index is 0.0315. The monoisotopic (exact) mass is 414 g/mol. The van der Waals surface area contributed by atoms with Crippen molar-refractivity contribution in [3.8, 4) is 5.69 Å². The predicted octanol–water partition coefficient (Wildman–Crippen LogP) is 3.00. The molecular weight excluding hydrogens is 392 g/mol. The number of aromatic nitrogens is 4. The summed E-state index contributed by atoms with van der Waals surface area (Å²) in [5, 5.41) is 10.3. The molecule has 2 N–H and O–H groups in total. The van der Waals surface area contributed by atoms with E-state index in [4.69, 9.17) is 0 Å². The number of nitrogens with zero attached hydrogens (tertiary/aromatic N) is 4. The Balaban J connectivity index is 1.31. The molecule has 8 nitrogen and oxygen atoms in total. The number of carbonyl (C=O) groups is 2. The van der Waals surface area contributed by atoms with Gasteiger partial charge in [0.05, 0.1) is 23.0 Å². The van der Waals surface area contributed by atoms with E-state index < -0.39 is 0 Å². The highest BCUT2D eigenvalue weighted by molar-refractivity contribution is 5.97. The molecule has 2 heterocycles. The highest BCUT2D eigenvalue weighted by atomic mass is 16.2. The molecule has 31 heavy (non-hydrogen) atoms. The Bertz CT molecular complexity index is 1240. The van der Waals surface area contributed by atoms with Crippen LogP contribution in [0, 0.1) is 5.92 Å². The third-order valence-electron chi connectivity index (χ3n) is 5.31. The van der Waals surface area contributed by atoms with E-state index in [0.717, 1.165) is 29.6 Å². The molecule has 4 aromatic rings. The van der Waals surface area contributed by atoms with Crippen molar-refractivity contribution in [2.45, 2.75) is 19.4 Å². The van der Waals surface area contributed by atoms with E-state index in [-0.39, 0.29) is 23.4 Å². The number of nitrogens with one attached hydrogen (secondary N) is 2. The van der Waals surface area contributed by atoms with E-state index in [1.54, 1.807) is 17.1 Å². The lowest BCUT2D eigenvalue weighted by Crippen LogP contribution is -2.27. The van der Waals surface area contributed by atoms with Crippen molar-refractivity contribution >= 4 is 28.7 Å². The zero-order valence-corrected chi connectivity index (χ0v) is 16.9. The summed E-state index contributed by atoms with van der Waals surface area (Å²) in [6.45, 7) is 1.03. The van der Waals surface area contributed by atoms with Gasteiger partial charge in [0.25, 0.3) is 5.91 Å². The van der Waals surface area contributed by atoms with Crippen LogP contribution in [-0.4, -0.2) is 37.7 Å². The summed E-state index contributed by atoms with van der Waals surface area (Å²) >= 11 is 0. The second kappa shape index (κ2) is 8.06. The van der Waals surface area contributed by atoms with Crippen LogP contribution < -0.4 is 10.6 Å². The van der Waals surface area contributed by atoms with Gasteiger partial charge in [-0.3, -0.25) is 9.59 Å². The zero-order chi connectivity index (χ0) is 21.2. The van der Waals surface area contributed by atoms with Gasteiger partial charge in [0.15, 0.2) is 5.69 Å². The molecule has 2 aromatic carbocycles. The molecule has 1 aliphatic carbocycles. The van der Waals surface area contributed by atoms with Crippen LogP contribution in [0.25, 0.3) is 16.7 Å². The molecule has 156 valence electrons. The van der Waals surface area contributed by atoms with Crippen LogP contribution in [0.15, 0.2) is 67.0 Å². The molecule has 0 spiro atoms. The molecule has 2 amide bonds. The average molecular weight is 414 g/mol. The Kier molecular flexibility index (Phi) is 4.95. The van der Waals surface area contributed by atoms with Gasteiger partial charge < -0.3 is 15.2 Å². The molecular formula is C23H22N6O2. The summed E-state index contributed by atoms with van der Waals surface area (Å²) in [5.74, 6) is 0.229. The fraction of sp³-hybridized carbons (Fsp3) is 0.217. The fourth-order valence-corrected chi connectivity index (χ4v) is 3.49. The quantitative estimate of drug-likeness (QED) is 0.486. The van der Waals surface area contributed by atoms with Crippen molar-refractivity contribution in [1.82, 2.24) is 24.6 Å². The maximum Gasteiger partial charge on any atom is 0.271 e. The van der Waals surface area contributed by atoms with E-state index >= 15 is 0 Å². The van der Waals surface area contributed by atoms with E-state index in [1.807, 2.05) is 59.2 Å². The van der Waals surface area contributed by atoms with Crippen LogP contribution >= 0.6 is 0 Å². The van der Waals surface area contributed by atoms with E-state index in [1.165, 1.54) is 0 Å². The number of carbonyl (C=O) groups excluding carboxylic acids is 2. The maximum atomic E-state index is 12.7. The summed E-state index contributed by atoms with van der Waals surface area (Å²) in [5.41, 5.74) is 2.98. The van der Waals surface area contributed by atoms with Crippen LogP contribution in [0.1, 0.15) is 23.3 Å². The Morgan fingerprint density at radius 1 is 1.03 bits per heavy atom. The number of anilines is 1. The van der Waals surface area contributed by atoms with Crippen molar-refractivity contribution in [2.75, 3.05) is 11.9 Å². The molecule has 1 saturated carbocycles. The second-order valence-corrected chi connectivity index (χ2v) is 7.61. The molecule has 0 aliphatic heterocycles. The van der Waals surface area contributed by atoms with Gasteiger partial charge in [0.2, 0.25) is 5.91 Å². The highest BCUT2D eigenvalue weighted by Crippen LogP contribution is 2.30. The van der Waals surface area contributed by atoms with Crippen molar-refractivity contribution < 1.29 is 9.59 Å². The van der Waals surface area contributed by atoms with Crippen LogP contribution in [0.3, 0.4) is 0 Å². The first-order valence-electron chi connectivity index (χ1n) is 10.3. The summed E-state index contributed by atoms with van der Waals surface area (Å²) in [7, 11) is 0. The Morgan fingerprint density at radius 3 is 2.61 bits per heavy atom. The first kappa shape index (κ1) is 19.0. The molecule has 1 fully saturated rings. The van der Waals surface area contributed by atoms with Crippen molar-refractivity contribution in [3.63, 3.8) is 0 Å². The maximum absolute atomic E-state index is 12.7. The number of hydrogen-bond donors (Lipinski definition) is 2. The fourth-order valence-electron chi connectivity index (χ4n) is 3.49. The smallest absolute Gasteiger partial charge is 0.271 e. The number of amides is 2. The lowest BCUT2D eigenvalue weighted by atomic mass is 10.3. The second-order valence-electron chi connectivity index (χ2n) is 7.61. The zero-order valence-electron chi connectivity index (χ0n) is 16.9. The van der Waals surface area contributed by atoms with Gasteiger partial charge in [0.1, 0.15) is 5.82 Å². The lowest BCUT2D eigenvalue weighted by molar-refractivity contribution is -0.117. The summed E-state index contributed by atoms with van der Waals surface area (Å²) in [6.07, 6.45) is 3.58. The number of para-hydroxylation sites is 3. The number of imidazole rings is 1. The van der Waals surface area contributed by atoms with Gasteiger partial charge in [-0.2, -0.15) is 5.10 Å². The average Bonchev–Trinajstić information content (AvgIpc) is 3.45. The molecule has 1 aliphatic rings. The van der Waals surface area contributed by atoms with E-state index in [2.05, 4.69) is 20.7 Å². The van der Waals surface area contributed by atoms with Crippen LogP contribution in [-0.2, 0) is 11.3 Å². The van der Waals surface area contributed by atoms with Gasteiger partial charge in [-0.15, -0.1) is 0 Å². The normalized spacial score (nSPS) is 13.3. The molecule has 5 rings (SSSR count). The van der Waals surface area contributed by atoms with Crippen molar-refractivity contribution in [3.05, 3.63) is 72.7 Å². The first-order chi connectivity index (χ1) is 15.2. The highest BCUT2D eigenvalue weighted by Gasteiger charge is 2.30. The van der Waals surface area contributed by atoms with Gasteiger partial charge in [0, 0.05) is 25.1 Å². The van der Waals surface area contributed by atoms with Gasteiger partial charge in [-0.05, 0) is 37.1 Å². The molecule has 0 radical (unpaired) electrons. The first-order valence-corrected chi connectivity index (χ1v) is 10.3. The SMILES string of the molecule is O=C(NCCn1cnc2ccccc21)c1cc(NC(=O)C2CC2)n(-c2ccccc2)n1. The number of rotatable bonds is 7. The minimum atomic E-state index is -0.291. The van der Waals surface area contributed by atoms with Gasteiger partial charge in [-0.1, -0.05) is 30.3 Å².